The maximum absolute atomic E-state index is 13.2. The van der Waals surface area contributed by atoms with E-state index in [2.05, 4.69) is 36.2 Å². The van der Waals surface area contributed by atoms with Crippen LogP contribution in [0.3, 0.4) is 0 Å². The molecule has 0 N–H and O–H groups in total. The molecule has 2 heterocycles. The summed E-state index contributed by atoms with van der Waals surface area (Å²) in [7, 11) is 0. The Kier molecular flexibility index (Phi) is 6.42. The lowest BCUT2D eigenvalue weighted by Gasteiger charge is -2.38. The topological polar surface area (TPSA) is 53.5 Å². The number of benzene rings is 2. The Labute approximate surface area is 193 Å². The summed E-state index contributed by atoms with van der Waals surface area (Å²) in [5.74, 6) is 0.179. The molecule has 0 unspecified atom stereocenters. The second-order valence-electron chi connectivity index (χ2n) is 8.85. The van der Waals surface area contributed by atoms with Gasteiger partial charge >= 0.3 is 0 Å². The first-order chi connectivity index (χ1) is 15.3. The SMILES string of the molecule is Cc1ccc(-c2nc(CC(=O)N3CCN(C(=O)C(C)(C)c4ccccc4)CC3)cs2)cc1. The van der Waals surface area contributed by atoms with Gasteiger partial charge in [-0.2, -0.15) is 0 Å². The summed E-state index contributed by atoms with van der Waals surface area (Å²) in [6.45, 7) is 8.24. The van der Waals surface area contributed by atoms with Gasteiger partial charge in [0.15, 0.2) is 0 Å². The lowest BCUT2D eigenvalue weighted by atomic mass is 9.83. The minimum absolute atomic E-state index is 0.0696. The summed E-state index contributed by atoms with van der Waals surface area (Å²) in [6, 6.07) is 18.1. The average Bonchev–Trinajstić information content (AvgIpc) is 3.28. The summed E-state index contributed by atoms with van der Waals surface area (Å²) in [5.41, 5.74) is 3.52. The first kappa shape index (κ1) is 22.2. The van der Waals surface area contributed by atoms with Gasteiger partial charge in [0, 0.05) is 37.1 Å². The molecule has 1 aliphatic heterocycles. The highest BCUT2D eigenvalue weighted by molar-refractivity contribution is 7.13. The number of carbonyl (C=O) groups excluding carboxylic acids is 2. The van der Waals surface area contributed by atoms with Crippen LogP contribution in [0.4, 0.5) is 0 Å². The van der Waals surface area contributed by atoms with Gasteiger partial charge in [0.2, 0.25) is 11.8 Å². The average molecular weight is 448 g/mol. The summed E-state index contributed by atoms with van der Waals surface area (Å²) in [6.07, 6.45) is 0.297. The number of hydrogen-bond acceptors (Lipinski definition) is 4. The molecule has 0 bridgehead atoms. The van der Waals surface area contributed by atoms with Gasteiger partial charge in [0.05, 0.1) is 17.5 Å². The van der Waals surface area contributed by atoms with Gasteiger partial charge in [-0.05, 0) is 26.3 Å². The number of aryl methyl sites for hydroxylation is 1. The summed E-state index contributed by atoms with van der Waals surface area (Å²) >= 11 is 1.57. The fourth-order valence-electron chi connectivity index (χ4n) is 4.02. The zero-order valence-electron chi connectivity index (χ0n) is 18.9. The van der Waals surface area contributed by atoms with Crippen LogP contribution in [-0.4, -0.2) is 52.8 Å². The Morgan fingerprint density at radius 1 is 0.938 bits per heavy atom. The predicted octanol–water partition coefficient (Wildman–Crippen LogP) is 4.31. The standard InChI is InChI=1S/C26H29N3O2S/c1-19-9-11-20(12-10-19)24-27-22(18-32-24)17-23(30)28-13-15-29(16-14-28)25(31)26(2,3)21-7-5-4-6-8-21/h4-12,18H,13-17H2,1-3H3. The molecule has 1 saturated heterocycles. The highest BCUT2D eigenvalue weighted by atomic mass is 32.1. The molecule has 166 valence electrons. The summed E-state index contributed by atoms with van der Waals surface area (Å²) < 4.78 is 0. The number of thiazole rings is 1. The van der Waals surface area contributed by atoms with Crippen LogP contribution in [0.2, 0.25) is 0 Å². The van der Waals surface area contributed by atoms with E-state index in [1.165, 1.54) is 5.56 Å². The van der Waals surface area contributed by atoms with Crippen molar-refractivity contribution in [2.75, 3.05) is 26.2 Å². The molecule has 0 atom stereocenters. The van der Waals surface area contributed by atoms with E-state index in [4.69, 9.17) is 0 Å². The normalized spacial score (nSPS) is 14.5. The molecular formula is C26H29N3O2S. The van der Waals surface area contributed by atoms with Gasteiger partial charge in [0.1, 0.15) is 5.01 Å². The number of hydrogen-bond donors (Lipinski definition) is 0. The van der Waals surface area contributed by atoms with Crippen molar-refractivity contribution in [3.05, 3.63) is 76.8 Å². The van der Waals surface area contributed by atoms with Crippen LogP contribution >= 0.6 is 11.3 Å². The first-order valence-electron chi connectivity index (χ1n) is 11.0. The lowest BCUT2D eigenvalue weighted by Crippen LogP contribution is -2.54. The molecule has 4 rings (SSSR count). The van der Waals surface area contributed by atoms with Crippen LogP contribution in [0.5, 0.6) is 0 Å². The molecule has 0 spiro atoms. The number of carbonyl (C=O) groups is 2. The number of nitrogens with zero attached hydrogens (tertiary/aromatic N) is 3. The number of amides is 2. The van der Waals surface area contributed by atoms with Gasteiger partial charge in [-0.25, -0.2) is 4.98 Å². The van der Waals surface area contributed by atoms with Crippen molar-refractivity contribution in [1.82, 2.24) is 14.8 Å². The number of piperazine rings is 1. The van der Waals surface area contributed by atoms with Crippen LogP contribution in [0.1, 0.15) is 30.7 Å². The van der Waals surface area contributed by atoms with Crippen molar-refractivity contribution in [2.24, 2.45) is 0 Å². The molecule has 2 amide bonds. The Balaban J connectivity index is 1.33. The van der Waals surface area contributed by atoms with Crippen molar-refractivity contribution < 1.29 is 9.59 Å². The molecule has 0 radical (unpaired) electrons. The minimum atomic E-state index is -0.583. The van der Waals surface area contributed by atoms with Crippen molar-refractivity contribution in [1.29, 1.82) is 0 Å². The fraction of sp³-hybridized carbons (Fsp3) is 0.346. The zero-order chi connectivity index (χ0) is 22.7. The van der Waals surface area contributed by atoms with Gasteiger partial charge < -0.3 is 9.80 Å². The van der Waals surface area contributed by atoms with Crippen LogP contribution in [0.25, 0.3) is 10.6 Å². The molecule has 0 aliphatic carbocycles. The van der Waals surface area contributed by atoms with Crippen molar-refractivity contribution >= 4 is 23.2 Å². The third-order valence-corrected chi connectivity index (χ3v) is 7.07. The van der Waals surface area contributed by atoms with Gasteiger partial charge in [-0.1, -0.05) is 60.2 Å². The van der Waals surface area contributed by atoms with E-state index in [0.717, 1.165) is 21.8 Å². The second-order valence-corrected chi connectivity index (χ2v) is 9.71. The predicted molar refractivity (Wildman–Crippen MR) is 129 cm³/mol. The van der Waals surface area contributed by atoms with E-state index >= 15 is 0 Å². The molecule has 2 aromatic carbocycles. The lowest BCUT2D eigenvalue weighted by molar-refractivity contribution is -0.142. The quantitative estimate of drug-likeness (QED) is 0.586. The molecule has 5 nitrogen and oxygen atoms in total. The molecule has 3 aromatic rings. The van der Waals surface area contributed by atoms with E-state index in [9.17, 15) is 9.59 Å². The Hall–Kier alpha value is -2.99. The maximum atomic E-state index is 13.2. The minimum Gasteiger partial charge on any atom is -0.339 e. The van der Waals surface area contributed by atoms with Gasteiger partial charge in [-0.15, -0.1) is 11.3 Å². The van der Waals surface area contributed by atoms with E-state index in [-0.39, 0.29) is 11.8 Å². The third-order valence-electron chi connectivity index (χ3n) is 6.13. The van der Waals surface area contributed by atoms with Crippen LogP contribution in [-0.2, 0) is 21.4 Å². The van der Waals surface area contributed by atoms with E-state index in [1.807, 2.05) is 59.4 Å². The molecule has 32 heavy (non-hydrogen) atoms. The van der Waals surface area contributed by atoms with Gasteiger partial charge in [-0.3, -0.25) is 9.59 Å². The molecule has 0 saturated carbocycles. The summed E-state index contributed by atoms with van der Waals surface area (Å²) in [4.78, 5) is 34.4. The second kappa shape index (κ2) is 9.25. The van der Waals surface area contributed by atoms with E-state index in [0.29, 0.717) is 32.6 Å². The molecule has 1 aromatic heterocycles. The summed E-state index contributed by atoms with van der Waals surface area (Å²) in [5, 5.41) is 2.90. The first-order valence-corrected chi connectivity index (χ1v) is 11.9. The monoisotopic (exact) mass is 447 g/mol. The molecular weight excluding hydrogens is 418 g/mol. The molecule has 1 fully saturated rings. The molecule has 1 aliphatic rings. The highest BCUT2D eigenvalue weighted by Gasteiger charge is 2.35. The zero-order valence-corrected chi connectivity index (χ0v) is 19.7. The van der Waals surface area contributed by atoms with Crippen molar-refractivity contribution in [2.45, 2.75) is 32.6 Å². The Morgan fingerprint density at radius 2 is 1.56 bits per heavy atom. The Bertz CT molecular complexity index is 1080. The maximum Gasteiger partial charge on any atom is 0.232 e. The van der Waals surface area contributed by atoms with Crippen LogP contribution < -0.4 is 0 Å². The largest absolute Gasteiger partial charge is 0.339 e. The van der Waals surface area contributed by atoms with Crippen LogP contribution in [0.15, 0.2) is 60.0 Å². The smallest absolute Gasteiger partial charge is 0.232 e. The van der Waals surface area contributed by atoms with Crippen molar-refractivity contribution in [3.63, 3.8) is 0 Å². The fourth-order valence-corrected chi connectivity index (χ4v) is 4.84. The number of aromatic nitrogens is 1. The van der Waals surface area contributed by atoms with Crippen LogP contribution in [0, 0.1) is 6.92 Å². The van der Waals surface area contributed by atoms with Crippen molar-refractivity contribution in [3.8, 4) is 10.6 Å². The Morgan fingerprint density at radius 3 is 2.22 bits per heavy atom. The highest BCUT2D eigenvalue weighted by Crippen LogP contribution is 2.27. The molecule has 6 heteroatoms. The number of rotatable bonds is 5. The van der Waals surface area contributed by atoms with E-state index < -0.39 is 5.41 Å². The third kappa shape index (κ3) is 4.75. The van der Waals surface area contributed by atoms with E-state index in [1.54, 1.807) is 11.3 Å². The van der Waals surface area contributed by atoms with Gasteiger partial charge in [0.25, 0.3) is 0 Å².